The van der Waals surface area contributed by atoms with Gasteiger partial charge in [0.1, 0.15) is 5.69 Å². The molecule has 0 spiro atoms. The molecule has 2 aromatic heterocycles. The monoisotopic (exact) mass is 742 g/mol. The minimum Gasteiger partial charge on any atom is -0.337 e. The molecule has 1 atom stereocenters. The maximum absolute atomic E-state index is 13.9. The van der Waals surface area contributed by atoms with Crippen molar-refractivity contribution in [2.75, 3.05) is 33.2 Å². The number of hydrogen-bond acceptors (Lipinski definition) is 7. The number of fused-ring (bicyclic) bond motifs is 2. The summed E-state index contributed by atoms with van der Waals surface area (Å²) >= 11 is 0. The van der Waals surface area contributed by atoms with Crippen molar-refractivity contribution in [2.45, 2.75) is 82.3 Å². The summed E-state index contributed by atoms with van der Waals surface area (Å²) in [6.45, 7) is 3.58. The number of hydrogen-bond donors (Lipinski definition) is 2. The molecule has 0 aliphatic carbocycles. The molecule has 16 heteroatoms. The van der Waals surface area contributed by atoms with E-state index in [1.165, 1.54) is 18.2 Å². The van der Waals surface area contributed by atoms with Crippen LogP contribution in [0.15, 0.2) is 48.5 Å². The molecule has 4 aromatic rings. The second-order valence-corrected chi connectivity index (χ2v) is 14.6. The Kier molecular flexibility index (Phi) is 9.36. The molecule has 4 aliphatic rings. The molecule has 8 rings (SSSR count). The van der Waals surface area contributed by atoms with Gasteiger partial charge in [0.25, 0.3) is 5.91 Å². The van der Waals surface area contributed by atoms with E-state index in [0.717, 1.165) is 34.8 Å². The van der Waals surface area contributed by atoms with Gasteiger partial charge in [0.05, 0.1) is 35.6 Å². The lowest BCUT2D eigenvalue weighted by Crippen LogP contribution is -2.41. The fraction of sp³-hybridized carbons (Fsp3) is 0.486. The lowest BCUT2D eigenvalue weighted by Gasteiger charge is -2.38. The summed E-state index contributed by atoms with van der Waals surface area (Å²) in [6.07, 6.45) is -7.65. The zero-order valence-electron chi connectivity index (χ0n) is 29.1. The highest BCUT2D eigenvalue weighted by molar-refractivity contribution is 5.94. The fourth-order valence-electron chi connectivity index (χ4n) is 8.53. The Balaban J connectivity index is 0.957. The van der Waals surface area contributed by atoms with Crippen LogP contribution in [0.3, 0.4) is 0 Å². The molecule has 2 saturated heterocycles. The minimum absolute atomic E-state index is 0.253. The van der Waals surface area contributed by atoms with Crippen LogP contribution in [-0.2, 0) is 43.4 Å². The number of amides is 1. The molecule has 1 unspecified atom stereocenters. The Labute approximate surface area is 302 Å². The summed E-state index contributed by atoms with van der Waals surface area (Å²) in [4.78, 5) is 26.4. The summed E-state index contributed by atoms with van der Waals surface area (Å²) in [7, 11) is 2.01. The van der Waals surface area contributed by atoms with Crippen molar-refractivity contribution in [1.29, 1.82) is 0 Å². The third kappa shape index (κ3) is 6.97. The van der Waals surface area contributed by atoms with Gasteiger partial charge in [-0.2, -0.15) is 41.6 Å². The minimum atomic E-state index is -4.45. The van der Waals surface area contributed by atoms with E-state index in [2.05, 4.69) is 30.2 Å². The number of benzene rings is 2. The van der Waals surface area contributed by atoms with Gasteiger partial charge in [-0.25, -0.2) is 0 Å². The summed E-state index contributed by atoms with van der Waals surface area (Å²) < 4.78 is 82.6. The Hall–Kier alpha value is -4.25. The number of carbonyl (C=O) groups is 1. The molecule has 1 amide bonds. The van der Waals surface area contributed by atoms with Crippen LogP contribution in [0.1, 0.15) is 105 Å². The summed E-state index contributed by atoms with van der Waals surface area (Å²) in [5, 5.41) is 16.9. The van der Waals surface area contributed by atoms with E-state index in [1.807, 2.05) is 7.05 Å². The first-order chi connectivity index (χ1) is 25.3. The van der Waals surface area contributed by atoms with Crippen molar-refractivity contribution in [3.63, 3.8) is 0 Å². The largest absolute Gasteiger partial charge is 0.416 e. The van der Waals surface area contributed by atoms with Crippen molar-refractivity contribution in [1.82, 2.24) is 40.2 Å². The molecule has 2 aromatic carbocycles. The predicted molar refractivity (Wildman–Crippen MR) is 180 cm³/mol. The van der Waals surface area contributed by atoms with E-state index >= 15 is 0 Å². The molecule has 2 N–H and O–H groups in total. The first-order valence-corrected chi connectivity index (χ1v) is 17.9. The zero-order chi connectivity index (χ0) is 37.1. The topological polar surface area (TPSA) is 96.6 Å². The molecule has 0 bridgehead atoms. The van der Waals surface area contributed by atoms with E-state index < -0.39 is 29.7 Å². The second kappa shape index (κ2) is 13.9. The Morgan fingerprint density at radius 2 is 1.28 bits per heavy atom. The SMILES string of the molecule is CN1Cc2[nH]nc(C(ON3Cc4[nH]nc(C(=O)N5CCC(c6ccccc6C(F)(F)F)CC5)c4C3)N3CCC(c4ccccc4C(F)(F)F)CC3)c2C1. The Bertz CT molecular complexity index is 1960. The molecule has 0 radical (unpaired) electrons. The van der Waals surface area contributed by atoms with E-state index in [0.29, 0.717) is 82.6 Å². The van der Waals surface area contributed by atoms with Crippen LogP contribution in [0.5, 0.6) is 0 Å². The third-order valence-corrected chi connectivity index (χ3v) is 11.2. The number of aromatic nitrogens is 4. The molecule has 2 fully saturated rings. The maximum atomic E-state index is 13.9. The van der Waals surface area contributed by atoms with Crippen LogP contribution in [-0.4, -0.2) is 79.3 Å². The van der Waals surface area contributed by atoms with Gasteiger partial charge in [0.15, 0.2) is 11.9 Å². The average Bonchev–Trinajstić information content (AvgIpc) is 3.91. The first-order valence-electron chi connectivity index (χ1n) is 17.9. The normalized spacial score (nSPS) is 20.2. The van der Waals surface area contributed by atoms with Crippen LogP contribution < -0.4 is 0 Å². The van der Waals surface area contributed by atoms with Gasteiger partial charge in [-0.05, 0) is 67.8 Å². The van der Waals surface area contributed by atoms with Crippen LogP contribution in [0.2, 0.25) is 0 Å². The summed E-state index contributed by atoms with van der Waals surface area (Å²) in [5.41, 5.74) is 3.84. The first kappa shape index (κ1) is 35.8. The van der Waals surface area contributed by atoms with Gasteiger partial charge in [0.2, 0.25) is 0 Å². The number of halogens is 6. The highest BCUT2D eigenvalue weighted by atomic mass is 19.4. The number of piperidine rings is 2. The van der Waals surface area contributed by atoms with Crippen molar-refractivity contribution in [3.8, 4) is 0 Å². The number of carbonyl (C=O) groups excluding carboxylic acids is 1. The lowest BCUT2D eigenvalue weighted by molar-refractivity contribution is -0.254. The second-order valence-electron chi connectivity index (χ2n) is 14.6. The number of alkyl halides is 6. The van der Waals surface area contributed by atoms with Gasteiger partial charge in [-0.1, -0.05) is 36.4 Å². The quantitative estimate of drug-likeness (QED) is 0.198. The molecule has 0 saturated carbocycles. The van der Waals surface area contributed by atoms with Gasteiger partial charge in [-0.3, -0.25) is 29.6 Å². The summed E-state index contributed by atoms with van der Waals surface area (Å²) in [5.74, 6) is -0.843. The number of H-pyrrole nitrogens is 2. The molecule has 6 heterocycles. The van der Waals surface area contributed by atoms with Crippen LogP contribution in [0.4, 0.5) is 26.3 Å². The van der Waals surface area contributed by atoms with E-state index in [4.69, 9.17) is 4.84 Å². The highest BCUT2D eigenvalue weighted by Crippen LogP contribution is 2.42. The number of rotatable bonds is 7. The number of nitrogens with zero attached hydrogens (tertiary/aromatic N) is 6. The number of hydroxylamine groups is 2. The van der Waals surface area contributed by atoms with Gasteiger partial charge in [-0.15, -0.1) is 0 Å². The number of likely N-dealkylation sites (tertiary alicyclic amines) is 2. The fourth-order valence-corrected chi connectivity index (χ4v) is 8.53. The van der Waals surface area contributed by atoms with Crippen molar-refractivity contribution in [3.05, 3.63) is 105 Å². The van der Waals surface area contributed by atoms with Gasteiger partial charge in [0, 0.05) is 50.4 Å². The number of aromatic amines is 2. The summed E-state index contributed by atoms with van der Waals surface area (Å²) in [6, 6.07) is 11.4. The van der Waals surface area contributed by atoms with Gasteiger partial charge >= 0.3 is 12.4 Å². The average molecular weight is 743 g/mol. The molecular weight excluding hydrogens is 702 g/mol. The molecular formula is C37H40F6N8O2. The van der Waals surface area contributed by atoms with E-state index in [9.17, 15) is 31.1 Å². The molecule has 53 heavy (non-hydrogen) atoms. The van der Waals surface area contributed by atoms with E-state index in [1.54, 1.807) is 28.2 Å². The van der Waals surface area contributed by atoms with Crippen LogP contribution >= 0.6 is 0 Å². The van der Waals surface area contributed by atoms with Crippen molar-refractivity contribution < 1.29 is 36.0 Å². The smallest absolute Gasteiger partial charge is 0.337 e. The zero-order valence-corrected chi connectivity index (χ0v) is 29.1. The van der Waals surface area contributed by atoms with Crippen molar-refractivity contribution >= 4 is 5.91 Å². The van der Waals surface area contributed by atoms with Gasteiger partial charge < -0.3 is 4.90 Å². The highest BCUT2D eigenvalue weighted by Gasteiger charge is 2.41. The van der Waals surface area contributed by atoms with E-state index in [-0.39, 0.29) is 35.5 Å². The third-order valence-electron chi connectivity index (χ3n) is 11.2. The molecule has 4 aliphatic heterocycles. The Morgan fingerprint density at radius 1 is 0.736 bits per heavy atom. The molecule has 10 nitrogen and oxygen atoms in total. The van der Waals surface area contributed by atoms with Crippen LogP contribution in [0.25, 0.3) is 0 Å². The number of nitrogens with one attached hydrogen (secondary N) is 2. The van der Waals surface area contributed by atoms with Crippen molar-refractivity contribution in [2.24, 2.45) is 0 Å². The van der Waals surface area contributed by atoms with Crippen LogP contribution in [0, 0.1) is 0 Å². The Morgan fingerprint density at radius 3 is 1.89 bits per heavy atom. The molecule has 282 valence electrons. The standard InChI is InChI=1S/C37H40F6N8O2/c1-48-18-26-30(20-48)44-47-33(26)35(50-16-12-23(13-17-50)25-7-3-5-9-29(25)37(41,42)43)53-51-19-27-31(21-51)45-46-32(27)34(52)49-14-10-22(11-15-49)24-6-2-4-8-28(24)36(38,39)40/h2-9,22-23,35H,10-21H2,1H3,(H,44,47)(H,45,46). The lowest BCUT2D eigenvalue weighted by atomic mass is 9.86. The maximum Gasteiger partial charge on any atom is 0.416 e. The predicted octanol–water partition coefficient (Wildman–Crippen LogP) is 6.96.